The number of hydrogen-bond donors (Lipinski definition) is 2. The lowest BCUT2D eigenvalue weighted by molar-refractivity contribution is -0.131. The van der Waals surface area contributed by atoms with E-state index in [0.29, 0.717) is 0 Å². The van der Waals surface area contributed by atoms with Crippen LogP contribution < -0.4 is 10.6 Å². The molecule has 19 heavy (non-hydrogen) atoms. The molecule has 0 bridgehead atoms. The molecule has 0 aliphatic carbocycles. The number of amides is 1. The Balaban J connectivity index is 1.82. The zero-order valence-electron chi connectivity index (χ0n) is 12.7. The molecule has 0 aromatic carbocycles. The minimum atomic E-state index is -0.208. The number of nitrogens with one attached hydrogen (secondary N) is 2. The van der Waals surface area contributed by atoms with E-state index in [2.05, 4.69) is 36.4 Å². The lowest BCUT2D eigenvalue weighted by Gasteiger charge is -2.39. The Kier molecular flexibility index (Phi) is 4.51. The van der Waals surface area contributed by atoms with Gasteiger partial charge in [-0.15, -0.1) is 0 Å². The third-order valence-corrected chi connectivity index (χ3v) is 5.02. The quantitative estimate of drug-likeness (QED) is 0.808. The molecule has 2 fully saturated rings. The molecule has 0 spiro atoms. The van der Waals surface area contributed by atoms with Crippen molar-refractivity contribution in [2.45, 2.75) is 39.5 Å². The van der Waals surface area contributed by atoms with Crippen LogP contribution in [0.15, 0.2) is 0 Å². The summed E-state index contributed by atoms with van der Waals surface area (Å²) in [4.78, 5) is 14.8. The molecule has 2 aliphatic rings. The highest BCUT2D eigenvalue weighted by molar-refractivity contribution is 5.82. The summed E-state index contributed by atoms with van der Waals surface area (Å²) >= 11 is 0. The molecule has 110 valence electrons. The van der Waals surface area contributed by atoms with Gasteiger partial charge in [-0.2, -0.15) is 0 Å². The van der Waals surface area contributed by atoms with Crippen LogP contribution in [0.4, 0.5) is 0 Å². The molecular weight excluding hydrogens is 238 g/mol. The highest BCUT2D eigenvalue weighted by Gasteiger charge is 2.36. The van der Waals surface area contributed by atoms with E-state index in [1.165, 1.54) is 12.8 Å². The second-order valence-corrected chi connectivity index (χ2v) is 7.14. The summed E-state index contributed by atoms with van der Waals surface area (Å²) in [5.74, 6) is 0.236. The molecule has 1 amide bonds. The molecule has 0 aromatic heterocycles. The smallest absolute Gasteiger partial charge is 0.227 e. The van der Waals surface area contributed by atoms with Crippen molar-refractivity contribution in [1.82, 2.24) is 15.5 Å². The van der Waals surface area contributed by atoms with Crippen molar-refractivity contribution in [3.63, 3.8) is 0 Å². The van der Waals surface area contributed by atoms with E-state index < -0.39 is 0 Å². The highest BCUT2D eigenvalue weighted by Crippen LogP contribution is 2.31. The molecule has 2 aliphatic heterocycles. The van der Waals surface area contributed by atoms with Crippen LogP contribution in [0.5, 0.6) is 0 Å². The fourth-order valence-corrected chi connectivity index (χ4v) is 3.09. The lowest BCUT2D eigenvalue weighted by Crippen LogP contribution is -2.51. The first kappa shape index (κ1) is 14.8. The number of likely N-dealkylation sites (tertiary alicyclic amines) is 1. The summed E-state index contributed by atoms with van der Waals surface area (Å²) in [7, 11) is 2.17. The molecule has 2 N–H and O–H groups in total. The van der Waals surface area contributed by atoms with Crippen molar-refractivity contribution in [1.29, 1.82) is 0 Å². The van der Waals surface area contributed by atoms with E-state index >= 15 is 0 Å². The monoisotopic (exact) mass is 267 g/mol. The van der Waals surface area contributed by atoms with Crippen molar-refractivity contribution in [2.24, 2.45) is 10.8 Å². The highest BCUT2D eigenvalue weighted by atomic mass is 16.2. The largest absolute Gasteiger partial charge is 0.355 e. The van der Waals surface area contributed by atoms with Gasteiger partial charge in [0.1, 0.15) is 0 Å². The van der Waals surface area contributed by atoms with E-state index in [0.717, 1.165) is 45.6 Å². The van der Waals surface area contributed by atoms with Crippen LogP contribution in [-0.2, 0) is 4.79 Å². The average Bonchev–Trinajstić information content (AvgIpc) is 2.41. The fourth-order valence-electron chi connectivity index (χ4n) is 3.09. The van der Waals surface area contributed by atoms with Crippen molar-refractivity contribution in [3.8, 4) is 0 Å². The summed E-state index contributed by atoms with van der Waals surface area (Å²) in [5.41, 5.74) is 0.0701. The number of carbonyl (C=O) groups is 1. The lowest BCUT2D eigenvalue weighted by atomic mass is 9.79. The van der Waals surface area contributed by atoms with Gasteiger partial charge in [0.2, 0.25) is 5.91 Å². The number of piperidine rings is 2. The first-order valence-electron chi connectivity index (χ1n) is 7.61. The summed E-state index contributed by atoms with van der Waals surface area (Å²) in [5, 5.41) is 6.56. The molecule has 1 unspecified atom stereocenters. The van der Waals surface area contributed by atoms with Gasteiger partial charge in [-0.25, -0.2) is 0 Å². The van der Waals surface area contributed by atoms with Gasteiger partial charge < -0.3 is 15.5 Å². The molecular formula is C15H29N3O. The van der Waals surface area contributed by atoms with Crippen LogP contribution in [0, 0.1) is 10.8 Å². The normalized spacial score (nSPS) is 31.9. The number of carbonyl (C=O) groups excluding carboxylic acids is 1. The van der Waals surface area contributed by atoms with E-state index in [4.69, 9.17) is 0 Å². The van der Waals surface area contributed by atoms with Gasteiger partial charge in [0.15, 0.2) is 0 Å². The van der Waals surface area contributed by atoms with Crippen LogP contribution in [0.1, 0.15) is 39.5 Å². The standard InChI is InChI=1S/C15H29N3O/c1-14(6-9-18(3)10-7-14)11-17-13(19)15(2)5-4-8-16-12-15/h16H,4-12H2,1-3H3,(H,17,19). The van der Waals surface area contributed by atoms with E-state index in [-0.39, 0.29) is 16.7 Å². The Morgan fingerprint density at radius 2 is 1.95 bits per heavy atom. The van der Waals surface area contributed by atoms with Gasteiger partial charge in [-0.3, -0.25) is 4.79 Å². The molecule has 1 atom stereocenters. The topological polar surface area (TPSA) is 44.4 Å². The second kappa shape index (κ2) is 5.80. The summed E-state index contributed by atoms with van der Waals surface area (Å²) < 4.78 is 0. The number of hydrogen-bond acceptors (Lipinski definition) is 3. The maximum Gasteiger partial charge on any atom is 0.227 e. The minimum Gasteiger partial charge on any atom is -0.355 e. The van der Waals surface area contributed by atoms with Crippen molar-refractivity contribution in [3.05, 3.63) is 0 Å². The molecule has 2 saturated heterocycles. The van der Waals surface area contributed by atoms with Gasteiger partial charge in [0, 0.05) is 13.1 Å². The maximum absolute atomic E-state index is 12.4. The van der Waals surface area contributed by atoms with Gasteiger partial charge in [0.25, 0.3) is 0 Å². The van der Waals surface area contributed by atoms with Crippen molar-refractivity contribution < 1.29 is 4.79 Å². The maximum atomic E-state index is 12.4. The predicted molar refractivity (Wildman–Crippen MR) is 78.1 cm³/mol. The average molecular weight is 267 g/mol. The SMILES string of the molecule is CN1CCC(C)(CNC(=O)C2(C)CCCNC2)CC1. The number of nitrogens with zero attached hydrogens (tertiary/aromatic N) is 1. The van der Waals surface area contributed by atoms with Crippen LogP contribution in [-0.4, -0.2) is 50.6 Å². The second-order valence-electron chi connectivity index (χ2n) is 7.14. The van der Waals surface area contributed by atoms with Gasteiger partial charge in [-0.1, -0.05) is 6.92 Å². The molecule has 0 radical (unpaired) electrons. The third-order valence-electron chi connectivity index (χ3n) is 5.02. The Morgan fingerprint density at radius 3 is 2.53 bits per heavy atom. The third kappa shape index (κ3) is 3.69. The Hall–Kier alpha value is -0.610. The Bertz CT molecular complexity index is 315. The van der Waals surface area contributed by atoms with E-state index in [9.17, 15) is 4.79 Å². The molecule has 2 heterocycles. The van der Waals surface area contributed by atoms with Crippen molar-refractivity contribution in [2.75, 3.05) is 39.8 Å². The Labute approximate surface area is 117 Å². The molecule has 0 aromatic rings. The van der Waals surface area contributed by atoms with Crippen LogP contribution in [0.3, 0.4) is 0 Å². The molecule has 4 nitrogen and oxygen atoms in total. The molecule has 4 heteroatoms. The van der Waals surface area contributed by atoms with Crippen LogP contribution >= 0.6 is 0 Å². The first-order valence-corrected chi connectivity index (χ1v) is 7.61. The van der Waals surface area contributed by atoms with Gasteiger partial charge in [-0.05, 0) is 64.7 Å². The zero-order valence-corrected chi connectivity index (χ0v) is 12.7. The van der Waals surface area contributed by atoms with Crippen molar-refractivity contribution >= 4 is 5.91 Å². The number of rotatable bonds is 3. The van der Waals surface area contributed by atoms with Crippen LogP contribution in [0.2, 0.25) is 0 Å². The zero-order chi connectivity index (χ0) is 13.9. The van der Waals surface area contributed by atoms with Gasteiger partial charge >= 0.3 is 0 Å². The van der Waals surface area contributed by atoms with Crippen LogP contribution in [0.25, 0.3) is 0 Å². The summed E-state index contributed by atoms with van der Waals surface area (Å²) in [6, 6.07) is 0. The minimum absolute atomic E-state index is 0.208. The fraction of sp³-hybridized carbons (Fsp3) is 0.933. The molecule has 2 rings (SSSR count). The summed E-state index contributed by atoms with van der Waals surface area (Å²) in [6.07, 6.45) is 4.47. The van der Waals surface area contributed by atoms with E-state index in [1.807, 2.05) is 0 Å². The van der Waals surface area contributed by atoms with Gasteiger partial charge in [0.05, 0.1) is 5.41 Å². The Morgan fingerprint density at radius 1 is 1.26 bits per heavy atom. The predicted octanol–water partition coefficient (Wildman–Crippen LogP) is 1.22. The summed E-state index contributed by atoms with van der Waals surface area (Å²) in [6.45, 7) is 9.38. The first-order chi connectivity index (χ1) is 8.94. The molecule has 0 saturated carbocycles. The van der Waals surface area contributed by atoms with E-state index in [1.54, 1.807) is 0 Å².